The molecular formula is C21H21ClFN5O3. The maximum Gasteiger partial charge on any atom is 0.218 e. The highest BCUT2D eigenvalue weighted by Crippen LogP contribution is 2.29. The number of rotatable bonds is 6. The van der Waals surface area contributed by atoms with Gasteiger partial charge in [0.15, 0.2) is 0 Å². The number of anilines is 1. The number of ketones is 1. The van der Waals surface area contributed by atoms with Crippen LogP contribution in [0, 0.1) is 11.7 Å². The van der Waals surface area contributed by atoms with Crippen molar-refractivity contribution in [2.45, 2.75) is 38.1 Å². The third-order valence-electron chi connectivity index (χ3n) is 5.47. The predicted octanol–water partition coefficient (Wildman–Crippen LogP) is 2.29. The summed E-state index contributed by atoms with van der Waals surface area (Å²) in [7, 11) is 0. The van der Waals surface area contributed by atoms with Crippen LogP contribution in [0.3, 0.4) is 0 Å². The van der Waals surface area contributed by atoms with Gasteiger partial charge in [-0.2, -0.15) is 5.10 Å². The molecule has 0 spiro atoms. The summed E-state index contributed by atoms with van der Waals surface area (Å²) in [6.07, 6.45) is 3.04. The van der Waals surface area contributed by atoms with Gasteiger partial charge in [-0.3, -0.25) is 9.48 Å². The van der Waals surface area contributed by atoms with E-state index in [1.807, 2.05) is 6.92 Å². The molecule has 0 radical (unpaired) electrons. The number of hydrogen-bond acceptors (Lipinski definition) is 7. The summed E-state index contributed by atoms with van der Waals surface area (Å²) in [4.78, 5) is 21.1. The van der Waals surface area contributed by atoms with Gasteiger partial charge in [-0.1, -0.05) is 24.6 Å². The van der Waals surface area contributed by atoms with Gasteiger partial charge >= 0.3 is 0 Å². The first-order chi connectivity index (χ1) is 14.8. The molecule has 31 heavy (non-hydrogen) atoms. The Morgan fingerprint density at radius 3 is 2.84 bits per heavy atom. The van der Waals surface area contributed by atoms with Gasteiger partial charge in [0.05, 0.1) is 24.3 Å². The van der Waals surface area contributed by atoms with Crippen LogP contribution in [0.25, 0.3) is 0 Å². The number of aliphatic hydroxyl groups is 2. The Bertz CT molecular complexity index is 1110. The highest BCUT2D eigenvalue weighted by molar-refractivity contribution is 6.31. The van der Waals surface area contributed by atoms with Crippen LogP contribution >= 0.6 is 11.6 Å². The van der Waals surface area contributed by atoms with Crippen molar-refractivity contribution in [3.63, 3.8) is 0 Å². The molecule has 0 aliphatic heterocycles. The van der Waals surface area contributed by atoms with Gasteiger partial charge in [-0.05, 0) is 36.1 Å². The standard InChI is InChI=1S/C21H21ClFN5O3/c1-11-6-17(20(31)18(11)29)26-21-14(8-24-10-25-21)19(30)16-4-5-28(27-16)9-12-2-3-13(23)7-15(12)22/h2-5,7-8,10-11,17-18,20,29,31H,6,9H2,1H3,(H,24,25,26)/t11-,17-,18-,20+/m1/s1. The molecule has 3 N–H and O–H groups in total. The van der Waals surface area contributed by atoms with Crippen molar-refractivity contribution >= 4 is 23.2 Å². The van der Waals surface area contributed by atoms with Crippen molar-refractivity contribution in [3.8, 4) is 0 Å². The van der Waals surface area contributed by atoms with E-state index in [9.17, 15) is 19.4 Å². The maximum absolute atomic E-state index is 13.2. The van der Waals surface area contributed by atoms with Crippen LogP contribution in [-0.2, 0) is 6.54 Å². The number of nitrogens with zero attached hydrogens (tertiary/aromatic N) is 4. The minimum absolute atomic E-state index is 0.0810. The minimum atomic E-state index is -0.965. The topological polar surface area (TPSA) is 113 Å². The lowest BCUT2D eigenvalue weighted by Gasteiger charge is -2.19. The summed E-state index contributed by atoms with van der Waals surface area (Å²) in [5, 5.41) is 27.9. The Morgan fingerprint density at radius 2 is 2.13 bits per heavy atom. The van der Waals surface area contributed by atoms with E-state index in [4.69, 9.17) is 11.6 Å². The molecule has 2 heterocycles. The molecule has 1 aromatic carbocycles. The summed E-state index contributed by atoms with van der Waals surface area (Å²) in [6.45, 7) is 2.12. The van der Waals surface area contributed by atoms with Crippen molar-refractivity contribution in [2.24, 2.45) is 5.92 Å². The molecule has 1 aliphatic rings. The third kappa shape index (κ3) is 4.43. The van der Waals surface area contributed by atoms with Gasteiger partial charge in [0.25, 0.3) is 0 Å². The number of aliphatic hydroxyl groups excluding tert-OH is 2. The first-order valence-electron chi connectivity index (χ1n) is 9.78. The molecule has 1 aliphatic carbocycles. The van der Waals surface area contributed by atoms with Crippen LogP contribution in [0.15, 0.2) is 43.0 Å². The van der Waals surface area contributed by atoms with Crippen LogP contribution in [0.2, 0.25) is 5.02 Å². The van der Waals surface area contributed by atoms with E-state index in [2.05, 4.69) is 20.4 Å². The highest BCUT2D eigenvalue weighted by atomic mass is 35.5. The van der Waals surface area contributed by atoms with Crippen molar-refractivity contribution in [1.82, 2.24) is 19.7 Å². The van der Waals surface area contributed by atoms with Gasteiger partial charge in [-0.15, -0.1) is 0 Å². The summed E-state index contributed by atoms with van der Waals surface area (Å²) >= 11 is 6.07. The van der Waals surface area contributed by atoms with Crippen LogP contribution in [-0.4, -0.2) is 54.0 Å². The fourth-order valence-electron chi connectivity index (χ4n) is 3.72. The molecule has 0 amide bonds. The summed E-state index contributed by atoms with van der Waals surface area (Å²) in [5.41, 5.74) is 1.05. The molecule has 10 heteroatoms. The third-order valence-corrected chi connectivity index (χ3v) is 5.82. The quantitative estimate of drug-likeness (QED) is 0.499. The number of carbonyl (C=O) groups is 1. The van der Waals surface area contributed by atoms with Crippen molar-refractivity contribution in [2.75, 3.05) is 5.32 Å². The SMILES string of the molecule is C[C@@H]1C[C@@H](Nc2ncncc2C(=O)c2ccn(Cc3ccc(F)cc3Cl)n2)[C@H](O)[C@@H]1O. The number of benzene rings is 1. The van der Waals surface area contributed by atoms with E-state index >= 15 is 0 Å². The van der Waals surface area contributed by atoms with E-state index in [1.54, 1.807) is 18.3 Å². The number of nitrogens with one attached hydrogen (secondary N) is 1. The number of carbonyl (C=O) groups excluding carboxylic acids is 1. The van der Waals surface area contributed by atoms with Crippen molar-refractivity contribution < 1.29 is 19.4 Å². The van der Waals surface area contributed by atoms with Crippen LogP contribution < -0.4 is 5.32 Å². The lowest BCUT2D eigenvalue weighted by molar-refractivity contribution is 0.0210. The fraction of sp³-hybridized carbons (Fsp3) is 0.333. The molecule has 8 nitrogen and oxygen atoms in total. The molecule has 0 bridgehead atoms. The van der Waals surface area contributed by atoms with Crippen LogP contribution in [0.1, 0.15) is 35.0 Å². The number of aromatic nitrogens is 4. The average molecular weight is 446 g/mol. The molecule has 1 saturated carbocycles. The van der Waals surface area contributed by atoms with Crippen LogP contribution in [0.5, 0.6) is 0 Å². The van der Waals surface area contributed by atoms with Crippen molar-refractivity contribution in [3.05, 3.63) is 70.6 Å². The Labute approximate surface area is 182 Å². The second-order valence-corrected chi connectivity index (χ2v) is 8.10. The highest BCUT2D eigenvalue weighted by Gasteiger charge is 2.39. The van der Waals surface area contributed by atoms with E-state index in [0.717, 1.165) is 0 Å². The Kier molecular flexibility index (Phi) is 5.99. The minimum Gasteiger partial charge on any atom is -0.390 e. The van der Waals surface area contributed by atoms with Crippen molar-refractivity contribution in [1.29, 1.82) is 0 Å². The summed E-state index contributed by atoms with van der Waals surface area (Å²) in [6, 6.07) is 5.22. The van der Waals surface area contributed by atoms with E-state index in [1.165, 1.54) is 29.3 Å². The van der Waals surface area contributed by atoms with E-state index in [-0.39, 0.29) is 34.6 Å². The molecule has 4 rings (SSSR count). The molecule has 4 atom stereocenters. The number of hydrogen-bond donors (Lipinski definition) is 3. The Balaban J connectivity index is 1.53. The summed E-state index contributed by atoms with van der Waals surface area (Å²) in [5.74, 6) is -0.638. The smallest absolute Gasteiger partial charge is 0.218 e. The molecule has 2 aromatic heterocycles. The maximum atomic E-state index is 13.2. The molecule has 3 aromatic rings. The first kappa shape index (κ1) is 21.4. The van der Waals surface area contributed by atoms with E-state index in [0.29, 0.717) is 12.0 Å². The molecule has 1 fully saturated rings. The van der Waals surface area contributed by atoms with Gasteiger partial charge in [0, 0.05) is 17.4 Å². The lowest BCUT2D eigenvalue weighted by Crippen LogP contribution is -2.35. The fourth-order valence-corrected chi connectivity index (χ4v) is 3.94. The largest absolute Gasteiger partial charge is 0.390 e. The molecule has 0 saturated heterocycles. The molecule has 162 valence electrons. The van der Waals surface area contributed by atoms with Gasteiger partial charge in [0.1, 0.15) is 29.8 Å². The Morgan fingerprint density at radius 1 is 1.32 bits per heavy atom. The Hall–Kier alpha value is -2.88. The second-order valence-electron chi connectivity index (χ2n) is 7.69. The average Bonchev–Trinajstić information content (AvgIpc) is 3.31. The second kappa shape index (κ2) is 8.70. The van der Waals surface area contributed by atoms with E-state index < -0.39 is 29.9 Å². The monoisotopic (exact) mass is 445 g/mol. The zero-order chi connectivity index (χ0) is 22.1. The first-order valence-corrected chi connectivity index (χ1v) is 10.2. The molecule has 0 unspecified atom stereocenters. The number of halogens is 2. The van der Waals surface area contributed by atoms with Gasteiger partial charge < -0.3 is 15.5 Å². The normalized spacial score (nSPS) is 23.1. The zero-order valence-electron chi connectivity index (χ0n) is 16.6. The van der Waals surface area contributed by atoms with Gasteiger partial charge in [-0.25, -0.2) is 14.4 Å². The zero-order valence-corrected chi connectivity index (χ0v) is 17.4. The molecular weight excluding hydrogens is 425 g/mol. The van der Waals surface area contributed by atoms with Gasteiger partial charge in [0.2, 0.25) is 5.78 Å². The van der Waals surface area contributed by atoms with Crippen LogP contribution in [0.4, 0.5) is 10.2 Å². The summed E-state index contributed by atoms with van der Waals surface area (Å²) < 4.78 is 14.8. The predicted molar refractivity (Wildman–Crippen MR) is 111 cm³/mol. The lowest BCUT2D eigenvalue weighted by atomic mass is 10.1.